The summed E-state index contributed by atoms with van der Waals surface area (Å²) in [6, 6.07) is 16.6. The largest absolute Gasteiger partial charge is 0.345 e. The van der Waals surface area contributed by atoms with Gasteiger partial charge in [-0.2, -0.15) is 0 Å². The van der Waals surface area contributed by atoms with E-state index in [1.54, 1.807) is 16.2 Å². The molecule has 35 heavy (non-hydrogen) atoms. The van der Waals surface area contributed by atoms with E-state index in [0.717, 1.165) is 36.4 Å². The van der Waals surface area contributed by atoms with Crippen LogP contribution in [0.5, 0.6) is 0 Å². The van der Waals surface area contributed by atoms with Crippen molar-refractivity contribution in [1.82, 2.24) is 14.4 Å². The molecule has 5 nitrogen and oxygen atoms in total. The Morgan fingerprint density at radius 3 is 2.57 bits per heavy atom. The van der Waals surface area contributed by atoms with Crippen LogP contribution in [0.15, 0.2) is 60.1 Å². The second-order valence-electron chi connectivity index (χ2n) is 9.32. The zero-order valence-corrected chi connectivity index (χ0v) is 22.4. The van der Waals surface area contributed by atoms with Gasteiger partial charge in [-0.15, -0.1) is 11.3 Å². The van der Waals surface area contributed by atoms with E-state index in [1.165, 1.54) is 11.1 Å². The molecular formula is C29H39N3O2S. The summed E-state index contributed by atoms with van der Waals surface area (Å²) in [5.74, 6) is 0.0370. The van der Waals surface area contributed by atoms with E-state index < -0.39 is 0 Å². The van der Waals surface area contributed by atoms with Gasteiger partial charge in [0, 0.05) is 35.9 Å². The van der Waals surface area contributed by atoms with Crippen molar-refractivity contribution in [2.75, 3.05) is 13.1 Å². The maximum Gasteiger partial charge on any atom is 0.242 e. The maximum absolute atomic E-state index is 13.6. The normalized spacial score (nSPS) is 11.9. The summed E-state index contributed by atoms with van der Waals surface area (Å²) in [6.07, 6.45) is 5.20. The van der Waals surface area contributed by atoms with Gasteiger partial charge in [0.15, 0.2) is 0 Å². The fourth-order valence-electron chi connectivity index (χ4n) is 4.21. The lowest BCUT2D eigenvalue weighted by molar-refractivity contribution is -0.142. The van der Waals surface area contributed by atoms with Gasteiger partial charge in [0.05, 0.1) is 13.0 Å². The summed E-state index contributed by atoms with van der Waals surface area (Å²) >= 11 is 1.58. The Hall–Kier alpha value is -2.86. The quantitative estimate of drug-likeness (QED) is 0.297. The molecule has 1 unspecified atom stereocenters. The summed E-state index contributed by atoms with van der Waals surface area (Å²) < 4.78 is 2.22. The number of carbonyl (C=O) groups excluding carboxylic acids is 2. The van der Waals surface area contributed by atoms with Crippen LogP contribution >= 0.6 is 11.3 Å². The number of benzene rings is 1. The molecule has 3 rings (SSSR count). The molecule has 0 fully saturated rings. The molecule has 0 N–H and O–H groups in total. The average Bonchev–Trinajstić information content (AvgIpc) is 3.51. The van der Waals surface area contributed by atoms with E-state index in [2.05, 4.69) is 61.9 Å². The van der Waals surface area contributed by atoms with Gasteiger partial charge < -0.3 is 14.4 Å². The molecule has 0 bridgehead atoms. The Morgan fingerprint density at radius 1 is 1.06 bits per heavy atom. The minimum atomic E-state index is 0.0154. The van der Waals surface area contributed by atoms with Crippen LogP contribution < -0.4 is 0 Å². The molecule has 2 amide bonds. The van der Waals surface area contributed by atoms with Crippen molar-refractivity contribution in [3.05, 3.63) is 81.8 Å². The lowest BCUT2D eigenvalue weighted by Gasteiger charge is -2.31. The summed E-state index contributed by atoms with van der Waals surface area (Å²) in [5.41, 5.74) is 3.60. The van der Waals surface area contributed by atoms with Crippen molar-refractivity contribution >= 4 is 23.2 Å². The molecule has 0 aliphatic heterocycles. The van der Waals surface area contributed by atoms with Crippen molar-refractivity contribution < 1.29 is 9.59 Å². The number of amides is 2. The summed E-state index contributed by atoms with van der Waals surface area (Å²) in [5, 5.41) is 1.99. The molecule has 2 heterocycles. The first-order valence-electron chi connectivity index (χ1n) is 12.7. The molecule has 0 spiro atoms. The lowest BCUT2D eigenvalue weighted by atomic mass is 10.1. The molecule has 3 aromatic rings. The van der Waals surface area contributed by atoms with Crippen molar-refractivity contribution in [2.24, 2.45) is 0 Å². The Bertz CT molecular complexity index is 1070. The molecular weight excluding hydrogens is 454 g/mol. The van der Waals surface area contributed by atoms with Gasteiger partial charge in [0.2, 0.25) is 11.8 Å². The smallest absolute Gasteiger partial charge is 0.242 e. The third-order valence-electron chi connectivity index (χ3n) is 6.50. The van der Waals surface area contributed by atoms with Crippen LogP contribution in [0.1, 0.15) is 61.7 Å². The SMILES string of the molecule is CCCCN(Cc1cccn1Cc1cccc(C)c1)C(=O)CN(C(=O)Cc1cccs1)C(C)CC. The maximum atomic E-state index is 13.6. The standard InChI is InChI=1S/C29H39N3O2S/c1-5-7-15-31(21-26-13-9-16-30(26)20-25-12-8-11-23(3)18-25)29(34)22-32(24(4)6-2)28(33)19-27-14-10-17-35-27/h8-14,16-18,24H,5-7,15,19-22H2,1-4H3. The van der Waals surface area contributed by atoms with Gasteiger partial charge in [-0.3, -0.25) is 9.59 Å². The zero-order chi connectivity index (χ0) is 25.2. The van der Waals surface area contributed by atoms with Crippen LogP contribution in [0.2, 0.25) is 0 Å². The van der Waals surface area contributed by atoms with Gasteiger partial charge in [0.1, 0.15) is 6.54 Å². The Kier molecular flexibility index (Phi) is 10.2. The summed E-state index contributed by atoms with van der Waals surface area (Å²) in [6.45, 7) is 10.5. The monoisotopic (exact) mass is 493 g/mol. The number of aryl methyl sites for hydroxylation is 1. The van der Waals surface area contributed by atoms with Crippen molar-refractivity contribution in [1.29, 1.82) is 0 Å². The number of aromatic nitrogens is 1. The van der Waals surface area contributed by atoms with Gasteiger partial charge >= 0.3 is 0 Å². The second-order valence-corrected chi connectivity index (χ2v) is 10.4. The number of thiophene rings is 1. The fourth-order valence-corrected chi connectivity index (χ4v) is 4.91. The highest BCUT2D eigenvalue weighted by atomic mass is 32.1. The number of unbranched alkanes of at least 4 members (excludes halogenated alkanes) is 1. The van der Waals surface area contributed by atoms with Crippen LogP contribution in [-0.4, -0.2) is 45.3 Å². The van der Waals surface area contributed by atoms with Crippen molar-refractivity contribution in [3.8, 4) is 0 Å². The molecule has 2 aromatic heterocycles. The van der Waals surface area contributed by atoms with E-state index >= 15 is 0 Å². The molecule has 1 atom stereocenters. The Morgan fingerprint density at radius 2 is 1.89 bits per heavy atom. The van der Waals surface area contributed by atoms with E-state index in [4.69, 9.17) is 0 Å². The number of hydrogen-bond donors (Lipinski definition) is 0. The molecule has 0 saturated heterocycles. The van der Waals surface area contributed by atoms with Gasteiger partial charge in [0.25, 0.3) is 0 Å². The second kappa shape index (κ2) is 13.3. The van der Waals surface area contributed by atoms with Crippen molar-refractivity contribution in [2.45, 2.75) is 72.5 Å². The van der Waals surface area contributed by atoms with Crippen LogP contribution in [0, 0.1) is 6.92 Å². The van der Waals surface area contributed by atoms with E-state index in [-0.39, 0.29) is 24.4 Å². The zero-order valence-electron chi connectivity index (χ0n) is 21.6. The van der Waals surface area contributed by atoms with Crippen LogP contribution in [0.25, 0.3) is 0 Å². The van der Waals surface area contributed by atoms with E-state index in [1.807, 2.05) is 35.4 Å². The van der Waals surface area contributed by atoms with Crippen LogP contribution in [0.3, 0.4) is 0 Å². The fraction of sp³-hybridized carbons (Fsp3) is 0.448. The predicted molar refractivity (Wildman–Crippen MR) is 145 cm³/mol. The molecule has 0 radical (unpaired) electrons. The molecule has 188 valence electrons. The highest BCUT2D eigenvalue weighted by Gasteiger charge is 2.25. The summed E-state index contributed by atoms with van der Waals surface area (Å²) in [7, 11) is 0. The lowest BCUT2D eigenvalue weighted by Crippen LogP contribution is -2.47. The van der Waals surface area contributed by atoms with Gasteiger partial charge in [-0.1, -0.05) is 56.2 Å². The summed E-state index contributed by atoms with van der Waals surface area (Å²) in [4.78, 5) is 31.4. The first kappa shape index (κ1) is 26.7. The number of hydrogen-bond acceptors (Lipinski definition) is 3. The minimum absolute atomic E-state index is 0.0154. The average molecular weight is 494 g/mol. The Labute approximate surface area is 214 Å². The highest BCUT2D eigenvalue weighted by molar-refractivity contribution is 7.10. The predicted octanol–water partition coefficient (Wildman–Crippen LogP) is 5.90. The highest BCUT2D eigenvalue weighted by Crippen LogP contribution is 2.16. The minimum Gasteiger partial charge on any atom is -0.345 e. The Balaban J connectivity index is 1.73. The van der Waals surface area contributed by atoms with Crippen LogP contribution in [0.4, 0.5) is 0 Å². The number of nitrogens with zero attached hydrogens (tertiary/aromatic N) is 3. The first-order chi connectivity index (χ1) is 16.9. The molecule has 6 heteroatoms. The molecule has 0 aliphatic rings. The van der Waals surface area contributed by atoms with Gasteiger partial charge in [-0.25, -0.2) is 0 Å². The molecule has 0 saturated carbocycles. The van der Waals surface area contributed by atoms with Gasteiger partial charge in [-0.05, 0) is 55.8 Å². The number of rotatable bonds is 13. The number of carbonyl (C=O) groups is 2. The topological polar surface area (TPSA) is 45.6 Å². The van der Waals surface area contributed by atoms with E-state index in [9.17, 15) is 9.59 Å². The molecule has 0 aliphatic carbocycles. The van der Waals surface area contributed by atoms with E-state index in [0.29, 0.717) is 19.5 Å². The first-order valence-corrected chi connectivity index (χ1v) is 13.6. The third kappa shape index (κ3) is 7.82. The molecule has 1 aromatic carbocycles. The third-order valence-corrected chi connectivity index (χ3v) is 7.38. The van der Waals surface area contributed by atoms with Crippen LogP contribution in [-0.2, 0) is 29.1 Å². The van der Waals surface area contributed by atoms with Crippen molar-refractivity contribution in [3.63, 3.8) is 0 Å².